The van der Waals surface area contributed by atoms with Crippen molar-refractivity contribution in [2.75, 3.05) is 5.32 Å². The maximum absolute atomic E-state index is 11.0. The largest absolute Gasteiger partial charge is 0.326 e. The van der Waals surface area contributed by atoms with E-state index in [2.05, 4.69) is 25.2 Å². The number of hydrogen-bond donors (Lipinski definition) is 1. The summed E-state index contributed by atoms with van der Waals surface area (Å²) in [6, 6.07) is 8.00. The molecule has 0 aliphatic rings. The van der Waals surface area contributed by atoms with E-state index in [0.717, 1.165) is 18.5 Å². The number of anilines is 1. The van der Waals surface area contributed by atoms with E-state index in [0.29, 0.717) is 5.92 Å². The standard InChI is InChI=1S/C13H19NO/c1-10(2)8-9-12-6-4-5-7-13(12)14-11(3)15/h4-7,10H,8-9H2,1-3H3,(H,14,15). The summed E-state index contributed by atoms with van der Waals surface area (Å²) in [5.74, 6) is 0.683. The van der Waals surface area contributed by atoms with E-state index in [1.54, 1.807) is 6.92 Å². The van der Waals surface area contributed by atoms with Crippen molar-refractivity contribution in [3.63, 3.8) is 0 Å². The van der Waals surface area contributed by atoms with Crippen LogP contribution >= 0.6 is 0 Å². The lowest BCUT2D eigenvalue weighted by Crippen LogP contribution is -2.08. The van der Waals surface area contributed by atoms with Crippen LogP contribution in [0, 0.1) is 5.92 Å². The highest BCUT2D eigenvalue weighted by Crippen LogP contribution is 2.18. The Bertz CT molecular complexity index is 331. The highest BCUT2D eigenvalue weighted by atomic mass is 16.1. The molecule has 1 aromatic rings. The third-order valence-corrected chi connectivity index (χ3v) is 2.32. The molecule has 0 saturated heterocycles. The van der Waals surface area contributed by atoms with Crippen LogP contribution in [-0.2, 0) is 11.2 Å². The molecule has 0 heterocycles. The van der Waals surface area contributed by atoms with E-state index in [1.165, 1.54) is 5.56 Å². The smallest absolute Gasteiger partial charge is 0.221 e. The number of hydrogen-bond acceptors (Lipinski definition) is 1. The van der Waals surface area contributed by atoms with Crippen LogP contribution in [0.4, 0.5) is 5.69 Å². The fourth-order valence-corrected chi connectivity index (χ4v) is 1.49. The van der Waals surface area contributed by atoms with Crippen molar-refractivity contribution in [2.24, 2.45) is 5.92 Å². The van der Waals surface area contributed by atoms with Crippen LogP contribution in [-0.4, -0.2) is 5.91 Å². The monoisotopic (exact) mass is 205 g/mol. The van der Waals surface area contributed by atoms with Gasteiger partial charge >= 0.3 is 0 Å². The van der Waals surface area contributed by atoms with Gasteiger partial charge in [0, 0.05) is 12.6 Å². The van der Waals surface area contributed by atoms with Crippen molar-refractivity contribution in [1.29, 1.82) is 0 Å². The molecule has 1 aromatic carbocycles. The number of nitrogens with one attached hydrogen (secondary N) is 1. The maximum atomic E-state index is 11.0. The average Bonchev–Trinajstić information content (AvgIpc) is 2.15. The highest BCUT2D eigenvalue weighted by molar-refractivity contribution is 5.89. The Kier molecular flexibility index (Phi) is 4.35. The summed E-state index contributed by atoms with van der Waals surface area (Å²) in [4.78, 5) is 11.0. The minimum Gasteiger partial charge on any atom is -0.326 e. The van der Waals surface area contributed by atoms with Crippen LogP contribution in [0.2, 0.25) is 0 Å². The van der Waals surface area contributed by atoms with Gasteiger partial charge < -0.3 is 5.32 Å². The third kappa shape index (κ3) is 4.15. The van der Waals surface area contributed by atoms with Crippen molar-refractivity contribution in [3.05, 3.63) is 29.8 Å². The number of aryl methyl sites for hydroxylation is 1. The molecule has 0 saturated carbocycles. The molecule has 0 spiro atoms. The van der Waals surface area contributed by atoms with Gasteiger partial charge in [-0.05, 0) is 30.4 Å². The lowest BCUT2D eigenvalue weighted by atomic mass is 10.0. The summed E-state index contributed by atoms with van der Waals surface area (Å²) >= 11 is 0. The molecule has 0 aromatic heterocycles. The molecule has 0 fully saturated rings. The second-order valence-electron chi connectivity index (χ2n) is 4.27. The molecule has 0 bridgehead atoms. The summed E-state index contributed by atoms with van der Waals surface area (Å²) in [6.07, 6.45) is 2.17. The van der Waals surface area contributed by atoms with Crippen LogP contribution in [0.1, 0.15) is 32.8 Å². The number of amides is 1. The molecule has 82 valence electrons. The van der Waals surface area contributed by atoms with Gasteiger partial charge in [0.05, 0.1) is 0 Å². The first-order valence-electron chi connectivity index (χ1n) is 5.45. The van der Waals surface area contributed by atoms with Crippen LogP contribution in [0.5, 0.6) is 0 Å². The van der Waals surface area contributed by atoms with Gasteiger partial charge in [0.25, 0.3) is 0 Å². The summed E-state index contributed by atoms with van der Waals surface area (Å²) in [5, 5.41) is 2.86. The van der Waals surface area contributed by atoms with Crippen LogP contribution < -0.4 is 5.32 Å². The Hall–Kier alpha value is -1.31. The zero-order chi connectivity index (χ0) is 11.3. The van der Waals surface area contributed by atoms with Gasteiger partial charge in [-0.2, -0.15) is 0 Å². The molecular formula is C13H19NO. The van der Waals surface area contributed by atoms with E-state index < -0.39 is 0 Å². The average molecular weight is 205 g/mol. The zero-order valence-electron chi connectivity index (χ0n) is 9.71. The molecule has 1 amide bonds. The number of carbonyl (C=O) groups is 1. The molecule has 0 radical (unpaired) electrons. The fourth-order valence-electron chi connectivity index (χ4n) is 1.49. The first kappa shape index (κ1) is 11.8. The Labute approximate surface area is 91.7 Å². The van der Waals surface area contributed by atoms with E-state index in [4.69, 9.17) is 0 Å². The van der Waals surface area contributed by atoms with Crippen LogP contribution in [0.25, 0.3) is 0 Å². The molecular weight excluding hydrogens is 186 g/mol. The van der Waals surface area contributed by atoms with Crippen LogP contribution in [0.3, 0.4) is 0 Å². The molecule has 0 unspecified atom stereocenters. The van der Waals surface area contributed by atoms with Crippen molar-refractivity contribution in [1.82, 2.24) is 0 Å². The molecule has 1 N–H and O–H groups in total. The Balaban J connectivity index is 2.72. The van der Waals surface area contributed by atoms with Crippen molar-refractivity contribution < 1.29 is 4.79 Å². The lowest BCUT2D eigenvalue weighted by Gasteiger charge is -2.10. The lowest BCUT2D eigenvalue weighted by molar-refractivity contribution is -0.114. The number of rotatable bonds is 4. The van der Waals surface area contributed by atoms with Crippen LogP contribution in [0.15, 0.2) is 24.3 Å². The second kappa shape index (κ2) is 5.54. The highest BCUT2D eigenvalue weighted by Gasteiger charge is 2.03. The van der Waals surface area contributed by atoms with Gasteiger partial charge in [-0.15, -0.1) is 0 Å². The van der Waals surface area contributed by atoms with Gasteiger partial charge in [-0.1, -0.05) is 32.0 Å². The zero-order valence-corrected chi connectivity index (χ0v) is 9.71. The predicted molar refractivity (Wildman–Crippen MR) is 63.9 cm³/mol. The van der Waals surface area contributed by atoms with Crippen molar-refractivity contribution >= 4 is 11.6 Å². The SMILES string of the molecule is CC(=O)Nc1ccccc1CCC(C)C. The van der Waals surface area contributed by atoms with Gasteiger partial charge in [-0.25, -0.2) is 0 Å². The summed E-state index contributed by atoms with van der Waals surface area (Å²) in [6.45, 7) is 5.96. The Morgan fingerprint density at radius 1 is 1.33 bits per heavy atom. The summed E-state index contributed by atoms with van der Waals surface area (Å²) < 4.78 is 0. The number of para-hydroxylation sites is 1. The quantitative estimate of drug-likeness (QED) is 0.803. The fraction of sp³-hybridized carbons (Fsp3) is 0.462. The van der Waals surface area contributed by atoms with Gasteiger partial charge in [0.15, 0.2) is 0 Å². The predicted octanol–water partition coefficient (Wildman–Crippen LogP) is 3.23. The van der Waals surface area contributed by atoms with E-state index >= 15 is 0 Å². The second-order valence-corrected chi connectivity index (χ2v) is 4.27. The number of carbonyl (C=O) groups excluding carboxylic acids is 1. The van der Waals surface area contributed by atoms with Gasteiger partial charge in [0.1, 0.15) is 0 Å². The number of benzene rings is 1. The van der Waals surface area contributed by atoms with Crippen molar-refractivity contribution in [3.8, 4) is 0 Å². The molecule has 1 rings (SSSR count). The molecule has 0 atom stereocenters. The maximum Gasteiger partial charge on any atom is 0.221 e. The minimum atomic E-state index is -0.00741. The van der Waals surface area contributed by atoms with Gasteiger partial charge in [0.2, 0.25) is 5.91 Å². The van der Waals surface area contributed by atoms with E-state index in [-0.39, 0.29) is 5.91 Å². The first-order chi connectivity index (χ1) is 7.09. The Morgan fingerprint density at radius 2 is 2.00 bits per heavy atom. The topological polar surface area (TPSA) is 29.1 Å². The molecule has 2 nitrogen and oxygen atoms in total. The summed E-state index contributed by atoms with van der Waals surface area (Å²) in [5.41, 5.74) is 2.17. The molecule has 2 heteroatoms. The summed E-state index contributed by atoms with van der Waals surface area (Å²) in [7, 11) is 0. The van der Waals surface area contributed by atoms with Crippen molar-refractivity contribution in [2.45, 2.75) is 33.6 Å². The third-order valence-electron chi connectivity index (χ3n) is 2.32. The normalized spacial score (nSPS) is 10.4. The van der Waals surface area contributed by atoms with E-state index in [9.17, 15) is 4.79 Å². The minimum absolute atomic E-state index is 0.00741. The Morgan fingerprint density at radius 3 is 2.60 bits per heavy atom. The molecule has 0 aliphatic heterocycles. The van der Waals surface area contributed by atoms with E-state index in [1.807, 2.05) is 18.2 Å². The molecule has 0 aliphatic carbocycles. The molecule has 15 heavy (non-hydrogen) atoms. The first-order valence-corrected chi connectivity index (χ1v) is 5.45. The van der Waals surface area contributed by atoms with Gasteiger partial charge in [-0.3, -0.25) is 4.79 Å².